The third-order valence-electron chi connectivity index (χ3n) is 2.87. The molecule has 0 saturated carbocycles. The van der Waals surface area contributed by atoms with E-state index in [-0.39, 0.29) is 5.97 Å². The lowest BCUT2D eigenvalue weighted by Gasteiger charge is -2.08. The first kappa shape index (κ1) is 15.0. The molecule has 0 spiro atoms. The lowest BCUT2D eigenvalue weighted by Crippen LogP contribution is -1.94. The Morgan fingerprint density at radius 1 is 1.05 bits per heavy atom. The van der Waals surface area contributed by atoms with Crippen LogP contribution in [0.2, 0.25) is 0 Å². The third kappa shape index (κ3) is 3.38. The van der Waals surface area contributed by atoms with Crippen molar-refractivity contribution in [1.82, 2.24) is 0 Å². The number of methoxy groups -OCH3 is 1. The highest BCUT2D eigenvalue weighted by Gasteiger charge is 2.07. The fraction of sp³-hybridized carbons (Fsp3) is 0.0625. The molecule has 0 heterocycles. The number of hydrogen-bond donors (Lipinski definition) is 0. The maximum atomic E-state index is 11.3. The standard InChI is InChI=1S/C16H12Br2O2/c1-20-15(19)10-9-14(16(17)18)13-8-4-6-11-5-2-3-7-12(11)13/h2-10H,1H3/b10-9+. The summed E-state index contributed by atoms with van der Waals surface area (Å²) in [5.74, 6) is -0.385. The van der Waals surface area contributed by atoms with Gasteiger partial charge in [0.2, 0.25) is 0 Å². The van der Waals surface area contributed by atoms with Crippen molar-refractivity contribution >= 4 is 54.2 Å². The van der Waals surface area contributed by atoms with E-state index in [0.717, 1.165) is 25.3 Å². The molecule has 102 valence electrons. The largest absolute Gasteiger partial charge is 0.466 e. The molecule has 0 radical (unpaired) electrons. The van der Waals surface area contributed by atoms with Gasteiger partial charge < -0.3 is 4.74 Å². The van der Waals surface area contributed by atoms with E-state index in [1.165, 1.54) is 13.2 Å². The molecular weight excluding hydrogens is 384 g/mol. The van der Waals surface area contributed by atoms with Crippen LogP contribution in [0.1, 0.15) is 5.56 Å². The van der Waals surface area contributed by atoms with Crippen LogP contribution in [0.15, 0.2) is 58.0 Å². The minimum Gasteiger partial charge on any atom is -0.466 e. The van der Waals surface area contributed by atoms with Crippen LogP contribution in [0.5, 0.6) is 0 Å². The first-order chi connectivity index (χ1) is 9.63. The summed E-state index contributed by atoms with van der Waals surface area (Å²) < 4.78 is 5.40. The smallest absolute Gasteiger partial charge is 0.330 e. The van der Waals surface area contributed by atoms with Crippen molar-refractivity contribution in [2.75, 3.05) is 7.11 Å². The number of halogens is 2. The van der Waals surface area contributed by atoms with Gasteiger partial charge in [-0.15, -0.1) is 0 Å². The Morgan fingerprint density at radius 2 is 1.75 bits per heavy atom. The van der Waals surface area contributed by atoms with Crippen LogP contribution in [0, 0.1) is 0 Å². The highest BCUT2D eigenvalue weighted by molar-refractivity contribution is 9.28. The first-order valence-electron chi connectivity index (χ1n) is 5.93. The van der Waals surface area contributed by atoms with Gasteiger partial charge in [0.15, 0.2) is 0 Å². The molecule has 0 aliphatic carbocycles. The van der Waals surface area contributed by atoms with Crippen molar-refractivity contribution in [3.63, 3.8) is 0 Å². The summed E-state index contributed by atoms with van der Waals surface area (Å²) in [5.41, 5.74) is 1.92. The van der Waals surface area contributed by atoms with Crippen molar-refractivity contribution in [2.24, 2.45) is 0 Å². The molecule has 0 unspecified atom stereocenters. The fourth-order valence-electron chi connectivity index (χ4n) is 1.93. The Hall–Kier alpha value is -1.39. The number of carbonyl (C=O) groups excluding carboxylic acids is 1. The van der Waals surface area contributed by atoms with Gasteiger partial charge in [0.25, 0.3) is 0 Å². The Bertz CT molecular complexity index is 693. The lowest BCUT2D eigenvalue weighted by atomic mass is 9.99. The molecule has 0 aliphatic rings. The topological polar surface area (TPSA) is 26.3 Å². The first-order valence-corrected chi connectivity index (χ1v) is 7.51. The molecule has 2 nitrogen and oxygen atoms in total. The van der Waals surface area contributed by atoms with Gasteiger partial charge in [-0.1, -0.05) is 42.5 Å². The zero-order valence-corrected chi connectivity index (χ0v) is 13.9. The molecule has 0 atom stereocenters. The van der Waals surface area contributed by atoms with Gasteiger partial charge in [-0.3, -0.25) is 0 Å². The summed E-state index contributed by atoms with van der Waals surface area (Å²) >= 11 is 6.86. The number of rotatable bonds is 3. The zero-order valence-electron chi connectivity index (χ0n) is 10.8. The second kappa shape index (κ2) is 6.86. The quantitative estimate of drug-likeness (QED) is 0.414. The SMILES string of the molecule is COC(=O)/C=C/C(=C(Br)Br)c1cccc2ccccc12. The van der Waals surface area contributed by atoms with E-state index in [0.29, 0.717) is 0 Å². The molecule has 4 heteroatoms. The third-order valence-corrected chi connectivity index (χ3v) is 3.73. The molecule has 0 aliphatic heterocycles. The number of ether oxygens (including phenoxy) is 1. The Balaban J connectivity index is 2.57. The maximum absolute atomic E-state index is 11.3. The molecule has 0 N–H and O–H groups in total. The van der Waals surface area contributed by atoms with E-state index in [2.05, 4.69) is 54.8 Å². The Morgan fingerprint density at radius 3 is 2.45 bits per heavy atom. The minimum absolute atomic E-state index is 0.385. The van der Waals surface area contributed by atoms with E-state index in [1.807, 2.05) is 24.3 Å². The number of carbonyl (C=O) groups is 1. The average Bonchev–Trinajstić information content (AvgIpc) is 2.47. The molecule has 20 heavy (non-hydrogen) atoms. The summed E-state index contributed by atoms with van der Waals surface area (Å²) in [6.45, 7) is 0. The number of fused-ring (bicyclic) bond motifs is 1. The summed E-state index contributed by atoms with van der Waals surface area (Å²) in [7, 11) is 1.36. The van der Waals surface area contributed by atoms with Gasteiger partial charge in [-0.2, -0.15) is 0 Å². The summed E-state index contributed by atoms with van der Waals surface area (Å²) in [4.78, 5) is 11.3. The molecule has 0 bridgehead atoms. The van der Waals surface area contributed by atoms with E-state index in [4.69, 9.17) is 0 Å². The summed E-state index contributed by atoms with van der Waals surface area (Å²) in [6.07, 6.45) is 3.13. The van der Waals surface area contributed by atoms with Crippen LogP contribution in [0.3, 0.4) is 0 Å². The maximum Gasteiger partial charge on any atom is 0.330 e. The van der Waals surface area contributed by atoms with E-state index < -0.39 is 0 Å². The van der Waals surface area contributed by atoms with Crippen molar-refractivity contribution < 1.29 is 9.53 Å². The molecule has 0 fully saturated rings. The fourth-order valence-corrected chi connectivity index (χ4v) is 2.63. The van der Waals surface area contributed by atoms with Gasteiger partial charge in [0.1, 0.15) is 0 Å². The minimum atomic E-state index is -0.385. The molecule has 0 amide bonds. The van der Waals surface area contributed by atoms with E-state index in [1.54, 1.807) is 6.08 Å². The highest BCUT2D eigenvalue weighted by Crippen LogP contribution is 2.33. The van der Waals surface area contributed by atoms with Gasteiger partial charge in [-0.25, -0.2) is 4.79 Å². The van der Waals surface area contributed by atoms with Gasteiger partial charge in [-0.05, 0) is 54.3 Å². The molecule has 0 aromatic heterocycles. The summed E-state index contributed by atoms with van der Waals surface area (Å²) in [6, 6.07) is 14.2. The van der Waals surface area contributed by atoms with E-state index >= 15 is 0 Å². The predicted molar refractivity (Wildman–Crippen MR) is 89.9 cm³/mol. The second-order valence-electron chi connectivity index (χ2n) is 4.06. The van der Waals surface area contributed by atoms with Crippen molar-refractivity contribution in [3.05, 3.63) is 63.6 Å². The van der Waals surface area contributed by atoms with Crippen LogP contribution < -0.4 is 0 Å². The molecule has 0 saturated heterocycles. The summed E-state index contributed by atoms with van der Waals surface area (Å²) in [5, 5.41) is 2.27. The average molecular weight is 396 g/mol. The number of esters is 1. The zero-order chi connectivity index (χ0) is 14.5. The Labute approximate surface area is 134 Å². The molecule has 2 rings (SSSR count). The van der Waals surface area contributed by atoms with Crippen molar-refractivity contribution in [1.29, 1.82) is 0 Å². The monoisotopic (exact) mass is 394 g/mol. The number of benzene rings is 2. The Kier molecular flexibility index (Phi) is 5.15. The predicted octanol–water partition coefficient (Wildman–Crippen LogP) is 5.03. The van der Waals surface area contributed by atoms with Crippen LogP contribution >= 0.6 is 31.9 Å². The second-order valence-corrected chi connectivity index (χ2v) is 6.71. The molecular formula is C16H12Br2O2. The van der Waals surface area contributed by atoms with Gasteiger partial charge in [0, 0.05) is 11.6 Å². The van der Waals surface area contributed by atoms with Crippen LogP contribution in [-0.2, 0) is 9.53 Å². The highest BCUT2D eigenvalue weighted by atomic mass is 79.9. The van der Waals surface area contributed by atoms with Crippen LogP contribution in [-0.4, -0.2) is 13.1 Å². The van der Waals surface area contributed by atoms with Gasteiger partial charge >= 0.3 is 5.97 Å². The normalized spacial score (nSPS) is 10.8. The molecule has 2 aromatic carbocycles. The number of hydrogen-bond acceptors (Lipinski definition) is 2. The van der Waals surface area contributed by atoms with Crippen molar-refractivity contribution in [3.8, 4) is 0 Å². The number of allylic oxidation sites excluding steroid dienone is 2. The van der Waals surface area contributed by atoms with Crippen LogP contribution in [0.25, 0.3) is 16.3 Å². The molecule has 2 aromatic rings. The van der Waals surface area contributed by atoms with E-state index in [9.17, 15) is 4.79 Å². The lowest BCUT2D eigenvalue weighted by molar-refractivity contribution is -0.134. The van der Waals surface area contributed by atoms with Crippen LogP contribution in [0.4, 0.5) is 0 Å². The van der Waals surface area contributed by atoms with Crippen molar-refractivity contribution in [2.45, 2.75) is 0 Å². The van der Waals surface area contributed by atoms with Gasteiger partial charge in [0.05, 0.1) is 10.5 Å².